The van der Waals surface area contributed by atoms with Crippen LogP contribution in [0.5, 0.6) is 0 Å². The minimum absolute atomic E-state index is 0.457. The molecule has 0 unspecified atom stereocenters. The van der Waals surface area contributed by atoms with E-state index in [9.17, 15) is 0 Å². The van der Waals surface area contributed by atoms with Crippen molar-refractivity contribution >= 4 is 24.8 Å². The fraction of sp³-hybridized carbons (Fsp3) is 0.258. The Morgan fingerprint density at radius 3 is 2.63 bits per heavy atom. The molecule has 1 aliphatic heterocycles. The van der Waals surface area contributed by atoms with Crippen molar-refractivity contribution in [3.63, 3.8) is 0 Å². The Bertz CT molecular complexity index is 1600. The zero-order chi connectivity index (χ0) is 25.5. The van der Waals surface area contributed by atoms with E-state index in [1.165, 1.54) is 33.5 Å². The van der Waals surface area contributed by atoms with Crippen molar-refractivity contribution in [2.24, 2.45) is 0 Å². The van der Waals surface area contributed by atoms with Gasteiger partial charge >= 0.3 is 0 Å². The highest BCUT2D eigenvalue weighted by atomic mass is 15.3. The summed E-state index contributed by atoms with van der Waals surface area (Å²) in [5.74, 6) is 1.45. The average molecular weight is 498 g/mol. The summed E-state index contributed by atoms with van der Waals surface area (Å²) >= 11 is 0. The van der Waals surface area contributed by atoms with E-state index >= 15 is 0 Å². The summed E-state index contributed by atoms with van der Waals surface area (Å²) in [6.45, 7) is 3.90. The lowest BCUT2D eigenvalue weighted by Crippen LogP contribution is -2.32. The number of piperidine rings is 1. The molecule has 0 saturated carbocycles. The molecule has 7 heteroatoms. The minimum atomic E-state index is 0.457. The van der Waals surface area contributed by atoms with Gasteiger partial charge in [0.2, 0.25) is 0 Å². The first-order chi connectivity index (χ1) is 18.7. The van der Waals surface area contributed by atoms with Crippen LogP contribution in [-0.2, 0) is 19.5 Å². The predicted molar refractivity (Wildman–Crippen MR) is 155 cm³/mol. The molecule has 0 spiro atoms. The van der Waals surface area contributed by atoms with Crippen molar-refractivity contribution in [1.29, 1.82) is 0 Å². The summed E-state index contributed by atoms with van der Waals surface area (Å²) in [6, 6.07) is 22.2. The number of rotatable bonds is 6. The monoisotopic (exact) mass is 498 g/mol. The Kier molecular flexibility index (Phi) is 5.93. The second-order valence-corrected chi connectivity index (χ2v) is 10.7. The van der Waals surface area contributed by atoms with Crippen LogP contribution in [0.4, 0.5) is 5.82 Å². The van der Waals surface area contributed by atoms with Gasteiger partial charge in [-0.3, -0.25) is 9.88 Å². The highest BCUT2D eigenvalue weighted by molar-refractivity contribution is 6.36. The molecule has 3 aromatic heterocycles. The molecule has 1 saturated heterocycles. The third-order valence-corrected chi connectivity index (χ3v) is 8.13. The number of nitrogens with one attached hydrogen (secondary N) is 1. The van der Waals surface area contributed by atoms with Crippen molar-refractivity contribution in [3.8, 4) is 11.1 Å². The van der Waals surface area contributed by atoms with E-state index in [1.807, 2.05) is 23.0 Å². The SMILES string of the molecule is Bc1cnn2c(NCc3cccnc3)cc(C3CCN(Cc4ccc5c(c4)Cc4ccccc4-5)CC3)nc12. The molecular weight excluding hydrogens is 467 g/mol. The second-order valence-electron chi connectivity index (χ2n) is 10.7. The zero-order valence-corrected chi connectivity index (χ0v) is 21.8. The molecule has 2 aromatic carbocycles. The molecule has 0 radical (unpaired) electrons. The number of pyridine rings is 1. The van der Waals surface area contributed by atoms with Crippen LogP contribution in [-0.4, -0.2) is 45.4 Å². The summed E-state index contributed by atoms with van der Waals surface area (Å²) in [5, 5.41) is 8.16. The van der Waals surface area contributed by atoms with E-state index < -0.39 is 0 Å². The first-order valence-electron chi connectivity index (χ1n) is 13.6. The Morgan fingerprint density at radius 1 is 0.895 bits per heavy atom. The largest absolute Gasteiger partial charge is 0.366 e. The van der Waals surface area contributed by atoms with Gasteiger partial charge < -0.3 is 5.32 Å². The van der Waals surface area contributed by atoms with Gasteiger partial charge in [-0.2, -0.15) is 9.61 Å². The smallest absolute Gasteiger partial charge is 0.151 e. The normalized spacial score (nSPS) is 15.5. The lowest BCUT2D eigenvalue weighted by atomic mass is 9.92. The maximum atomic E-state index is 5.07. The van der Waals surface area contributed by atoms with E-state index in [-0.39, 0.29) is 0 Å². The van der Waals surface area contributed by atoms with Crippen LogP contribution < -0.4 is 10.8 Å². The summed E-state index contributed by atoms with van der Waals surface area (Å²) < 4.78 is 1.93. The highest BCUT2D eigenvalue weighted by Crippen LogP contribution is 2.37. The quantitative estimate of drug-likeness (QED) is 0.353. The lowest BCUT2D eigenvalue weighted by molar-refractivity contribution is 0.203. The van der Waals surface area contributed by atoms with Gasteiger partial charge in [0.15, 0.2) is 5.65 Å². The number of benzene rings is 2. The van der Waals surface area contributed by atoms with E-state index in [0.717, 1.165) is 61.4 Å². The second kappa shape index (κ2) is 9.73. The Labute approximate surface area is 224 Å². The molecule has 0 amide bonds. The van der Waals surface area contributed by atoms with Crippen LogP contribution in [0.3, 0.4) is 0 Å². The molecule has 38 heavy (non-hydrogen) atoms. The lowest BCUT2D eigenvalue weighted by Gasteiger charge is -2.32. The number of aromatic nitrogens is 4. The van der Waals surface area contributed by atoms with Crippen LogP contribution in [0, 0.1) is 0 Å². The van der Waals surface area contributed by atoms with E-state index in [1.54, 1.807) is 6.20 Å². The Balaban J connectivity index is 1.04. The van der Waals surface area contributed by atoms with Gasteiger partial charge in [-0.25, -0.2) is 4.98 Å². The topological polar surface area (TPSA) is 58.4 Å². The third kappa shape index (κ3) is 4.37. The Hall–Kier alpha value is -3.97. The van der Waals surface area contributed by atoms with Gasteiger partial charge in [0.1, 0.15) is 13.7 Å². The summed E-state index contributed by atoms with van der Waals surface area (Å²) in [7, 11) is 2.09. The van der Waals surface area contributed by atoms with Crippen LogP contribution in [0.2, 0.25) is 0 Å². The molecule has 0 bridgehead atoms. The fourth-order valence-corrected chi connectivity index (χ4v) is 6.06. The van der Waals surface area contributed by atoms with Crippen LogP contribution in [0.25, 0.3) is 16.8 Å². The van der Waals surface area contributed by atoms with Crippen molar-refractivity contribution in [3.05, 3.63) is 107 Å². The molecule has 1 fully saturated rings. The highest BCUT2D eigenvalue weighted by Gasteiger charge is 2.24. The van der Waals surface area contributed by atoms with Crippen molar-refractivity contribution in [2.45, 2.75) is 38.3 Å². The van der Waals surface area contributed by atoms with Crippen LogP contribution in [0.1, 0.15) is 46.7 Å². The molecule has 6 nitrogen and oxygen atoms in total. The van der Waals surface area contributed by atoms with Crippen LogP contribution in [0.15, 0.2) is 79.3 Å². The molecule has 5 aromatic rings. The van der Waals surface area contributed by atoms with Gasteiger partial charge in [0, 0.05) is 49.4 Å². The molecule has 7 rings (SSSR count). The molecule has 2 aliphatic rings. The average Bonchev–Trinajstić information content (AvgIpc) is 3.52. The first-order valence-corrected chi connectivity index (χ1v) is 13.6. The van der Waals surface area contributed by atoms with Crippen LogP contribution >= 0.6 is 0 Å². The maximum absolute atomic E-state index is 5.07. The first kappa shape index (κ1) is 23.2. The standard InChI is InChI=1S/C31H31BN6/c32-28-19-35-38-30(34-18-22-4-3-11-33-17-22)16-29(36-31(28)38)23-9-12-37(13-10-23)20-21-7-8-27-25(14-21)15-24-5-1-2-6-26(24)27/h1-8,11,14,16-17,19,23,34H,9-10,12-13,15,18,20,32H2. The van der Waals surface area contributed by atoms with Gasteiger partial charge in [-0.15, -0.1) is 0 Å². The summed E-state index contributed by atoms with van der Waals surface area (Å²) in [5.41, 5.74) is 11.5. The van der Waals surface area contributed by atoms with Gasteiger partial charge in [-0.05, 0) is 77.3 Å². The predicted octanol–water partition coefficient (Wildman–Crippen LogP) is 3.95. The number of likely N-dealkylation sites (tertiary alicyclic amines) is 1. The fourth-order valence-electron chi connectivity index (χ4n) is 6.06. The molecule has 1 N–H and O–H groups in total. The number of hydrogen-bond acceptors (Lipinski definition) is 5. The number of nitrogens with zero attached hydrogens (tertiary/aromatic N) is 5. The molecule has 1 aliphatic carbocycles. The number of fused-ring (bicyclic) bond motifs is 4. The summed E-state index contributed by atoms with van der Waals surface area (Å²) in [4.78, 5) is 11.9. The molecule has 4 heterocycles. The van der Waals surface area contributed by atoms with E-state index in [0.29, 0.717) is 12.5 Å². The zero-order valence-electron chi connectivity index (χ0n) is 21.8. The molecule has 188 valence electrons. The number of anilines is 1. The molecule has 0 atom stereocenters. The summed E-state index contributed by atoms with van der Waals surface area (Å²) in [6.07, 6.45) is 8.90. The van der Waals surface area contributed by atoms with E-state index in [4.69, 9.17) is 4.98 Å². The maximum Gasteiger partial charge on any atom is 0.151 e. The molecular formula is C31H31BN6. The third-order valence-electron chi connectivity index (χ3n) is 8.13. The van der Waals surface area contributed by atoms with Gasteiger partial charge in [0.05, 0.1) is 0 Å². The number of hydrogen-bond donors (Lipinski definition) is 1. The van der Waals surface area contributed by atoms with Gasteiger partial charge in [-0.1, -0.05) is 48.5 Å². The Morgan fingerprint density at radius 2 is 1.76 bits per heavy atom. The van der Waals surface area contributed by atoms with Crippen molar-refractivity contribution in [2.75, 3.05) is 18.4 Å². The minimum Gasteiger partial charge on any atom is -0.366 e. The van der Waals surface area contributed by atoms with Crippen molar-refractivity contribution < 1.29 is 0 Å². The van der Waals surface area contributed by atoms with Crippen molar-refractivity contribution in [1.82, 2.24) is 24.5 Å². The van der Waals surface area contributed by atoms with Gasteiger partial charge in [0.25, 0.3) is 0 Å². The van der Waals surface area contributed by atoms with E-state index in [2.05, 4.69) is 82.7 Å².